The van der Waals surface area contributed by atoms with E-state index >= 15 is 0 Å². The molecule has 0 saturated heterocycles. The normalized spacial score (nSPS) is 17.8. The van der Waals surface area contributed by atoms with Gasteiger partial charge >= 0.3 is 0 Å². The largest absolute Gasteiger partial charge is 0.491 e. The first kappa shape index (κ1) is 23.9. The van der Waals surface area contributed by atoms with E-state index in [0.717, 1.165) is 35.7 Å². The zero-order chi connectivity index (χ0) is 24.2. The van der Waals surface area contributed by atoms with Crippen LogP contribution in [0.5, 0.6) is 5.75 Å². The third-order valence-corrected chi connectivity index (χ3v) is 6.61. The zero-order valence-electron chi connectivity index (χ0n) is 20.7. The van der Waals surface area contributed by atoms with E-state index in [4.69, 9.17) is 4.74 Å². The maximum absolute atomic E-state index is 14.0. The number of nitrogens with zero attached hydrogens (tertiary/aromatic N) is 3. The molecule has 0 aliphatic carbocycles. The van der Waals surface area contributed by atoms with Crippen LogP contribution in [0.4, 0.5) is 0 Å². The first-order valence-corrected chi connectivity index (χ1v) is 12.2. The molecule has 180 valence electrons. The summed E-state index contributed by atoms with van der Waals surface area (Å²) in [5.41, 5.74) is 2.35. The van der Waals surface area contributed by atoms with E-state index in [2.05, 4.69) is 13.8 Å². The average Bonchev–Trinajstić information content (AvgIpc) is 3.17. The van der Waals surface area contributed by atoms with Crippen molar-refractivity contribution in [2.45, 2.75) is 39.2 Å². The fraction of sp³-hybridized carbons (Fsp3) is 0.429. The number of carbonyl (C=O) groups excluding carboxylic acids is 2. The summed E-state index contributed by atoms with van der Waals surface area (Å²) < 4.78 is 8.27. The molecule has 3 aromatic rings. The zero-order valence-corrected chi connectivity index (χ0v) is 20.7. The highest BCUT2D eigenvalue weighted by atomic mass is 16.5. The molecule has 4 rings (SSSR count). The number of rotatable bonds is 3. The number of aromatic nitrogens is 1. The Balaban J connectivity index is 1.71. The van der Waals surface area contributed by atoms with Crippen molar-refractivity contribution in [3.63, 3.8) is 0 Å². The second-order valence-corrected chi connectivity index (χ2v) is 9.69. The van der Waals surface area contributed by atoms with E-state index in [1.165, 1.54) is 0 Å². The maximum Gasteiger partial charge on any atom is 0.257 e. The van der Waals surface area contributed by atoms with Crippen LogP contribution in [0, 0.1) is 5.92 Å². The van der Waals surface area contributed by atoms with Crippen molar-refractivity contribution in [1.82, 2.24) is 14.4 Å². The first-order chi connectivity index (χ1) is 16.4. The molecule has 1 aliphatic rings. The van der Waals surface area contributed by atoms with Crippen LogP contribution in [0.1, 0.15) is 53.8 Å². The minimum Gasteiger partial charge on any atom is -0.491 e. The Morgan fingerprint density at radius 2 is 1.74 bits per heavy atom. The number of hydrogen-bond donors (Lipinski definition) is 0. The minimum atomic E-state index is -0.0909. The maximum atomic E-state index is 14.0. The Labute approximate surface area is 202 Å². The minimum absolute atomic E-state index is 0.0275. The summed E-state index contributed by atoms with van der Waals surface area (Å²) in [6, 6.07) is 15.4. The molecule has 6 nitrogen and oxygen atoms in total. The summed E-state index contributed by atoms with van der Waals surface area (Å²) in [5.74, 6) is 0.986. The van der Waals surface area contributed by atoms with Gasteiger partial charge in [0, 0.05) is 44.3 Å². The highest BCUT2D eigenvalue weighted by Crippen LogP contribution is 2.26. The lowest BCUT2D eigenvalue weighted by Crippen LogP contribution is -2.45. The van der Waals surface area contributed by atoms with E-state index < -0.39 is 0 Å². The van der Waals surface area contributed by atoms with Gasteiger partial charge in [0.1, 0.15) is 12.4 Å². The number of carbonyl (C=O) groups is 2. The van der Waals surface area contributed by atoms with Crippen molar-refractivity contribution in [3.8, 4) is 5.75 Å². The van der Waals surface area contributed by atoms with Crippen LogP contribution in [0.2, 0.25) is 0 Å². The molecule has 0 spiro atoms. The molecule has 34 heavy (non-hydrogen) atoms. The Kier molecular flexibility index (Phi) is 7.25. The molecule has 0 radical (unpaired) electrons. The van der Waals surface area contributed by atoms with Crippen molar-refractivity contribution in [2.75, 3.05) is 26.7 Å². The molecular formula is C28H35N3O3. The first-order valence-electron chi connectivity index (χ1n) is 12.2. The molecule has 0 bridgehead atoms. The van der Waals surface area contributed by atoms with Crippen LogP contribution in [0.25, 0.3) is 10.9 Å². The van der Waals surface area contributed by atoms with Crippen molar-refractivity contribution in [2.24, 2.45) is 13.0 Å². The third kappa shape index (κ3) is 4.96. The van der Waals surface area contributed by atoms with E-state index in [0.29, 0.717) is 36.9 Å². The van der Waals surface area contributed by atoms with Crippen LogP contribution in [0.15, 0.2) is 54.7 Å². The summed E-state index contributed by atoms with van der Waals surface area (Å²) in [4.78, 5) is 30.7. The predicted molar refractivity (Wildman–Crippen MR) is 135 cm³/mol. The standard InChI is InChI=1S/C28H35N3O3/c1-20(2)17-21-19-34-26-14-8-6-12-23(26)27(32)29(3)15-9-10-16-31(21)28(33)24-18-30(4)25-13-7-5-11-22(24)25/h5-8,11-14,18,20-21H,9-10,15-17,19H2,1-4H3/t21-/m0/s1. The summed E-state index contributed by atoms with van der Waals surface area (Å²) in [6.45, 7) is 5.96. The summed E-state index contributed by atoms with van der Waals surface area (Å²) >= 11 is 0. The van der Waals surface area contributed by atoms with Crippen molar-refractivity contribution >= 4 is 22.7 Å². The van der Waals surface area contributed by atoms with Gasteiger partial charge in [-0.3, -0.25) is 9.59 Å². The van der Waals surface area contributed by atoms with Crippen LogP contribution in [0.3, 0.4) is 0 Å². The van der Waals surface area contributed by atoms with Gasteiger partial charge in [0.2, 0.25) is 0 Å². The monoisotopic (exact) mass is 461 g/mol. The van der Waals surface area contributed by atoms with Gasteiger partial charge in [0.15, 0.2) is 0 Å². The van der Waals surface area contributed by atoms with Crippen molar-refractivity contribution < 1.29 is 14.3 Å². The van der Waals surface area contributed by atoms with Gasteiger partial charge in [0.25, 0.3) is 11.8 Å². The average molecular weight is 462 g/mol. The lowest BCUT2D eigenvalue weighted by atomic mass is 10.0. The summed E-state index contributed by atoms with van der Waals surface area (Å²) in [5, 5.41) is 0.973. The van der Waals surface area contributed by atoms with E-state index in [9.17, 15) is 9.59 Å². The number of aryl methyl sites for hydroxylation is 1. The highest BCUT2D eigenvalue weighted by Gasteiger charge is 2.29. The molecule has 1 aliphatic heterocycles. The molecule has 2 heterocycles. The molecule has 6 heteroatoms. The fourth-order valence-corrected chi connectivity index (χ4v) is 4.84. The van der Waals surface area contributed by atoms with Gasteiger partial charge in [-0.2, -0.15) is 0 Å². The molecule has 0 N–H and O–H groups in total. The molecule has 0 unspecified atom stereocenters. The highest BCUT2D eigenvalue weighted by molar-refractivity contribution is 6.07. The summed E-state index contributed by atoms with van der Waals surface area (Å²) in [7, 11) is 3.80. The molecule has 2 amide bonds. The third-order valence-electron chi connectivity index (χ3n) is 6.61. The van der Waals surface area contributed by atoms with Crippen molar-refractivity contribution in [1.29, 1.82) is 0 Å². The number of ether oxygens (including phenoxy) is 1. The fourth-order valence-electron chi connectivity index (χ4n) is 4.84. The Morgan fingerprint density at radius 1 is 1.03 bits per heavy atom. The van der Waals surface area contributed by atoms with Gasteiger partial charge in [-0.05, 0) is 43.4 Å². The Hall–Kier alpha value is -3.28. The lowest BCUT2D eigenvalue weighted by Gasteiger charge is -2.34. The quantitative estimate of drug-likeness (QED) is 0.553. The molecule has 1 atom stereocenters. The number of fused-ring (bicyclic) bond motifs is 2. The summed E-state index contributed by atoms with van der Waals surface area (Å²) in [6.07, 6.45) is 4.42. The van der Waals surface area contributed by atoms with Gasteiger partial charge in [-0.1, -0.05) is 44.2 Å². The van der Waals surface area contributed by atoms with Gasteiger partial charge in [-0.15, -0.1) is 0 Å². The van der Waals surface area contributed by atoms with E-state index in [1.807, 2.05) is 78.3 Å². The van der Waals surface area contributed by atoms with Crippen LogP contribution in [-0.2, 0) is 7.05 Å². The Morgan fingerprint density at radius 3 is 2.53 bits per heavy atom. The second kappa shape index (κ2) is 10.3. The number of para-hydroxylation sites is 2. The number of hydrogen-bond acceptors (Lipinski definition) is 3. The second-order valence-electron chi connectivity index (χ2n) is 9.69. The molecule has 0 fully saturated rings. The molecular weight excluding hydrogens is 426 g/mol. The predicted octanol–water partition coefficient (Wildman–Crippen LogP) is 4.98. The molecule has 2 aromatic carbocycles. The van der Waals surface area contributed by atoms with Gasteiger partial charge in [0.05, 0.1) is 17.2 Å². The topological polar surface area (TPSA) is 54.8 Å². The smallest absolute Gasteiger partial charge is 0.257 e. The molecule has 0 saturated carbocycles. The molecule has 1 aromatic heterocycles. The lowest BCUT2D eigenvalue weighted by molar-refractivity contribution is 0.0560. The van der Waals surface area contributed by atoms with Crippen LogP contribution in [-0.4, -0.2) is 59.0 Å². The van der Waals surface area contributed by atoms with E-state index in [-0.39, 0.29) is 17.9 Å². The number of benzene rings is 2. The van der Waals surface area contributed by atoms with Crippen LogP contribution < -0.4 is 4.74 Å². The van der Waals surface area contributed by atoms with Crippen molar-refractivity contribution in [3.05, 3.63) is 65.9 Å². The Bertz CT molecular complexity index is 1170. The van der Waals surface area contributed by atoms with Gasteiger partial charge in [-0.25, -0.2) is 0 Å². The van der Waals surface area contributed by atoms with Gasteiger partial charge < -0.3 is 19.1 Å². The SMILES string of the molecule is CC(C)C[C@H]1COc2ccccc2C(=O)N(C)CCCCN1C(=O)c1cn(C)c2ccccc12. The number of amides is 2. The van der Waals surface area contributed by atoms with E-state index in [1.54, 1.807) is 4.90 Å². The van der Waals surface area contributed by atoms with Crippen LogP contribution >= 0.6 is 0 Å².